The van der Waals surface area contributed by atoms with Gasteiger partial charge in [-0.15, -0.1) is 0 Å². The number of hydrogen-bond acceptors (Lipinski definition) is 2. The van der Waals surface area contributed by atoms with Crippen molar-refractivity contribution in [1.29, 1.82) is 0 Å². The summed E-state index contributed by atoms with van der Waals surface area (Å²) in [6, 6.07) is 0. The minimum atomic E-state index is -1.00. The molecule has 4 heteroatoms. The van der Waals surface area contributed by atoms with Gasteiger partial charge >= 0.3 is 5.97 Å². The minimum absolute atomic E-state index is 0.0556. The van der Waals surface area contributed by atoms with Crippen molar-refractivity contribution in [3.63, 3.8) is 0 Å². The molecule has 0 aromatic carbocycles. The van der Waals surface area contributed by atoms with E-state index in [-0.39, 0.29) is 5.71 Å². The summed E-state index contributed by atoms with van der Waals surface area (Å²) in [7, 11) is 0. The standard InChI is InChI=1S/C3H4BrNO2/c1-2(5-4)3(6)7/h1H3,(H,6,7)/b5-2+. The van der Waals surface area contributed by atoms with E-state index >= 15 is 0 Å². The van der Waals surface area contributed by atoms with Crippen molar-refractivity contribution in [1.82, 2.24) is 0 Å². The smallest absolute Gasteiger partial charge is 0.350 e. The molecule has 1 N–H and O–H groups in total. The van der Waals surface area contributed by atoms with Gasteiger partial charge in [-0.25, -0.2) is 8.81 Å². The highest BCUT2D eigenvalue weighted by Gasteiger charge is 1.97. The number of aliphatic carboxylic acids is 1. The number of nitrogens with zero attached hydrogens (tertiary/aromatic N) is 1. The molecule has 0 unspecified atom stereocenters. The molecule has 0 saturated carbocycles. The lowest BCUT2D eigenvalue weighted by Crippen LogP contribution is -2.05. The molecule has 0 rings (SSSR count). The maximum absolute atomic E-state index is 9.77. The first kappa shape index (κ1) is 6.62. The summed E-state index contributed by atoms with van der Waals surface area (Å²) in [6.07, 6.45) is 0. The molecule has 0 aliphatic rings. The third-order valence-corrected chi connectivity index (χ3v) is 0.968. The van der Waals surface area contributed by atoms with Crippen LogP contribution in [0.2, 0.25) is 0 Å². The van der Waals surface area contributed by atoms with Gasteiger partial charge in [0.05, 0.1) is 16.1 Å². The SMILES string of the molecule is C/C(=N\Br)C(=O)O. The quantitative estimate of drug-likeness (QED) is 0.586. The van der Waals surface area contributed by atoms with E-state index in [1.54, 1.807) is 0 Å². The van der Waals surface area contributed by atoms with Crippen LogP contribution in [0.1, 0.15) is 6.92 Å². The fourth-order valence-corrected chi connectivity index (χ4v) is 0.188. The molecule has 0 bridgehead atoms. The minimum Gasteiger partial charge on any atom is -0.477 e. The highest BCUT2D eigenvalue weighted by atomic mass is 79.9. The molecule has 0 fully saturated rings. The van der Waals surface area contributed by atoms with Gasteiger partial charge in [0, 0.05) is 0 Å². The van der Waals surface area contributed by atoms with Gasteiger partial charge in [0.2, 0.25) is 0 Å². The molecule has 0 saturated heterocycles. The van der Waals surface area contributed by atoms with E-state index in [1.165, 1.54) is 6.92 Å². The van der Waals surface area contributed by atoms with Gasteiger partial charge in [-0.1, -0.05) is 0 Å². The van der Waals surface area contributed by atoms with Crippen LogP contribution in [0.4, 0.5) is 0 Å². The molecule has 0 aliphatic carbocycles. The van der Waals surface area contributed by atoms with Crippen molar-refractivity contribution in [2.45, 2.75) is 6.92 Å². The average molecular weight is 166 g/mol. The van der Waals surface area contributed by atoms with Gasteiger partial charge in [-0.05, 0) is 6.92 Å². The maximum Gasteiger partial charge on any atom is 0.350 e. The summed E-state index contributed by atoms with van der Waals surface area (Å²) < 4.78 is 3.22. The Morgan fingerprint density at radius 3 is 2.29 bits per heavy atom. The fraction of sp³-hybridized carbons (Fsp3) is 0.333. The van der Waals surface area contributed by atoms with Crippen LogP contribution in [-0.2, 0) is 4.79 Å². The Morgan fingerprint density at radius 2 is 2.29 bits per heavy atom. The first-order valence-corrected chi connectivity index (χ1v) is 2.28. The summed E-state index contributed by atoms with van der Waals surface area (Å²) in [6.45, 7) is 1.40. The van der Waals surface area contributed by atoms with Crippen LogP contribution < -0.4 is 0 Å². The van der Waals surface area contributed by atoms with E-state index in [1.807, 2.05) is 0 Å². The second kappa shape index (κ2) is 2.74. The molecular formula is C3H4BrNO2. The van der Waals surface area contributed by atoms with Crippen LogP contribution in [0.15, 0.2) is 4.02 Å². The van der Waals surface area contributed by atoms with Gasteiger partial charge < -0.3 is 5.11 Å². The number of rotatable bonds is 1. The van der Waals surface area contributed by atoms with Crippen molar-refractivity contribution in [3.8, 4) is 0 Å². The number of carboxylic acid groups (broad SMARTS) is 1. The van der Waals surface area contributed by atoms with Gasteiger partial charge in [0.15, 0.2) is 0 Å². The lowest BCUT2D eigenvalue weighted by molar-refractivity contribution is -0.129. The van der Waals surface area contributed by atoms with Crippen LogP contribution in [0, 0.1) is 0 Å². The number of hydrogen-bond donors (Lipinski definition) is 1. The molecule has 0 amide bonds. The topological polar surface area (TPSA) is 49.7 Å². The van der Waals surface area contributed by atoms with Crippen LogP contribution >= 0.6 is 16.1 Å². The first-order chi connectivity index (χ1) is 3.18. The van der Waals surface area contributed by atoms with E-state index in [2.05, 4.69) is 20.2 Å². The van der Waals surface area contributed by atoms with Gasteiger partial charge in [-0.3, -0.25) is 0 Å². The van der Waals surface area contributed by atoms with Gasteiger partial charge in [0.25, 0.3) is 0 Å². The summed E-state index contributed by atoms with van der Waals surface area (Å²) in [5.41, 5.74) is 0.0556. The third-order valence-electron chi connectivity index (χ3n) is 0.436. The lowest BCUT2D eigenvalue weighted by atomic mass is 10.5. The summed E-state index contributed by atoms with van der Waals surface area (Å²) in [5, 5.41) is 8.02. The van der Waals surface area contributed by atoms with Crippen molar-refractivity contribution in [2.24, 2.45) is 4.02 Å². The van der Waals surface area contributed by atoms with Crippen LogP contribution in [0.3, 0.4) is 0 Å². The molecule has 0 aromatic rings. The Kier molecular flexibility index (Phi) is 2.59. The number of halogens is 1. The van der Waals surface area contributed by atoms with Crippen LogP contribution in [-0.4, -0.2) is 16.8 Å². The Morgan fingerprint density at radius 1 is 1.86 bits per heavy atom. The highest BCUT2D eigenvalue weighted by molar-refractivity contribution is 9.08. The Bertz CT molecular complexity index is 110. The molecule has 0 spiro atoms. The summed E-state index contributed by atoms with van der Waals surface area (Å²) >= 11 is 2.62. The normalized spacial score (nSPS) is 11.4. The van der Waals surface area contributed by atoms with Crippen molar-refractivity contribution in [2.75, 3.05) is 0 Å². The number of carboxylic acids is 1. The van der Waals surface area contributed by atoms with E-state index in [0.29, 0.717) is 0 Å². The zero-order valence-electron chi connectivity index (χ0n) is 3.68. The molecular weight excluding hydrogens is 162 g/mol. The Labute approximate surface area is 49.4 Å². The fourth-order valence-electron chi connectivity index (χ4n) is 0.0361. The molecule has 3 nitrogen and oxygen atoms in total. The molecule has 0 heterocycles. The predicted octanol–water partition coefficient (Wildman–Crippen LogP) is 0.842. The van der Waals surface area contributed by atoms with Crippen LogP contribution in [0.25, 0.3) is 0 Å². The molecule has 7 heavy (non-hydrogen) atoms. The molecule has 0 atom stereocenters. The van der Waals surface area contributed by atoms with Crippen molar-refractivity contribution < 1.29 is 9.90 Å². The first-order valence-electron chi connectivity index (χ1n) is 1.57. The third kappa shape index (κ3) is 2.33. The van der Waals surface area contributed by atoms with E-state index in [4.69, 9.17) is 5.11 Å². The molecule has 40 valence electrons. The maximum atomic E-state index is 9.77. The van der Waals surface area contributed by atoms with Crippen molar-refractivity contribution >= 4 is 27.8 Å². The van der Waals surface area contributed by atoms with Gasteiger partial charge in [-0.2, -0.15) is 0 Å². The lowest BCUT2D eigenvalue weighted by Gasteiger charge is -1.81. The molecule has 0 aliphatic heterocycles. The van der Waals surface area contributed by atoms with E-state index < -0.39 is 5.97 Å². The number of carbonyl (C=O) groups is 1. The average Bonchev–Trinajstić information content (AvgIpc) is 1.65. The predicted molar refractivity (Wildman–Crippen MR) is 29.7 cm³/mol. The van der Waals surface area contributed by atoms with Crippen molar-refractivity contribution in [3.05, 3.63) is 0 Å². The second-order valence-corrected chi connectivity index (χ2v) is 1.33. The zero-order valence-corrected chi connectivity index (χ0v) is 5.27. The largest absolute Gasteiger partial charge is 0.477 e. The molecule has 0 radical (unpaired) electrons. The van der Waals surface area contributed by atoms with E-state index in [0.717, 1.165) is 0 Å². The zero-order chi connectivity index (χ0) is 5.86. The Balaban J connectivity index is 3.82. The second-order valence-electron chi connectivity index (χ2n) is 0.975. The Hall–Kier alpha value is -0.380. The molecule has 0 aromatic heterocycles. The highest BCUT2D eigenvalue weighted by Crippen LogP contribution is 1.83. The summed E-state index contributed by atoms with van der Waals surface area (Å²) in [5.74, 6) is -1.00. The summed E-state index contributed by atoms with van der Waals surface area (Å²) in [4.78, 5) is 9.77. The monoisotopic (exact) mass is 165 g/mol. The van der Waals surface area contributed by atoms with Crippen LogP contribution in [0.5, 0.6) is 0 Å². The van der Waals surface area contributed by atoms with Gasteiger partial charge in [0.1, 0.15) is 5.71 Å². The van der Waals surface area contributed by atoms with E-state index in [9.17, 15) is 4.79 Å².